The van der Waals surface area contributed by atoms with E-state index in [1.54, 1.807) is 6.33 Å². The minimum atomic E-state index is 0.778. The summed E-state index contributed by atoms with van der Waals surface area (Å²) in [6.45, 7) is 3.82. The standard InChI is InChI=1S/C10H11N5/c1-2-14-6-9-13-12-7-15(9)8-4-3-5-11-10(8)14/h3-5,7H,2,6H2,1H3. The van der Waals surface area contributed by atoms with Crippen molar-refractivity contribution < 1.29 is 0 Å². The molecule has 5 nitrogen and oxygen atoms in total. The number of hydrogen-bond acceptors (Lipinski definition) is 4. The van der Waals surface area contributed by atoms with Crippen molar-refractivity contribution in [2.45, 2.75) is 13.5 Å². The van der Waals surface area contributed by atoms with E-state index >= 15 is 0 Å². The van der Waals surface area contributed by atoms with Crippen molar-refractivity contribution in [2.24, 2.45) is 0 Å². The lowest BCUT2D eigenvalue weighted by molar-refractivity contribution is 0.715. The molecule has 0 atom stereocenters. The first-order chi connectivity index (χ1) is 7.40. The zero-order valence-corrected chi connectivity index (χ0v) is 8.46. The lowest BCUT2D eigenvalue weighted by Crippen LogP contribution is -2.30. The van der Waals surface area contributed by atoms with Crippen LogP contribution in [0.4, 0.5) is 5.82 Å². The van der Waals surface area contributed by atoms with Gasteiger partial charge in [-0.2, -0.15) is 0 Å². The van der Waals surface area contributed by atoms with E-state index < -0.39 is 0 Å². The molecule has 0 saturated heterocycles. The van der Waals surface area contributed by atoms with Crippen molar-refractivity contribution in [3.05, 3.63) is 30.5 Å². The molecule has 0 amide bonds. The van der Waals surface area contributed by atoms with E-state index in [0.717, 1.165) is 30.4 Å². The van der Waals surface area contributed by atoms with E-state index in [-0.39, 0.29) is 0 Å². The highest BCUT2D eigenvalue weighted by Crippen LogP contribution is 2.27. The second kappa shape index (κ2) is 3.05. The van der Waals surface area contributed by atoms with Crippen LogP contribution < -0.4 is 4.90 Å². The van der Waals surface area contributed by atoms with Crippen molar-refractivity contribution in [2.75, 3.05) is 11.4 Å². The van der Waals surface area contributed by atoms with Gasteiger partial charge in [0.1, 0.15) is 6.33 Å². The molecule has 5 heteroatoms. The van der Waals surface area contributed by atoms with Crippen LogP contribution in [-0.4, -0.2) is 26.3 Å². The monoisotopic (exact) mass is 201 g/mol. The number of nitrogens with zero attached hydrogens (tertiary/aromatic N) is 5. The Hall–Kier alpha value is -1.91. The van der Waals surface area contributed by atoms with Crippen LogP contribution >= 0.6 is 0 Å². The van der Waals surface area contributed by atoms with Gasteiger partial charge in [0.15, 0.2) is 11.6 Å². The lowest BCUT2D eigenvalue weighted by atomic mass is 10.3. The van der Waals surface area contributed by atoms with Crippen molar-refractivity contribution in [3.8, 4) is 5.69 Å². The molecule has 1 aliphatic rings. The number of hydrogen-bond donors (Lipinski definition) is 0. The van der Waals surface area contributed by atoms with E-state index in [9.17, 15) is 0 Å². The van der Waals surface area contributed by atoms with Gasteiger partial charge in [0.2, 0.25) is 0 Å². The van der Waals surface area contributed by atoms with E-state index in [2.05, 4.69) is 27.0 Å². The normalized spacial score (nSPS) is 13.5. The summed E-state index contributed by atoms with van der Waals surface area (Å²) in [7, 11) is 0. The van der Waals surface area contributed by atoms with Crippen LogP contribution in [0.5, 0.6) is 0 Å². The highest BCUT2D eigenvalue weighted by atomic mass is 15.3. The molecule has 0 unspecified atom stereocenters. The second-order valence-corrected chi connectivity index (χ2v) is 3.48. The van der Waals surface area contributed by atoms with Crippen molar-refractivity contribution >= 4 is 5.82 Å². The van der Waals surface area contributed by atoms with Gasteiger partial charge in [-0.25, -0.2) is 4.98 Å². The molecule has 2 aromatic rings. The topological polar surface area (TPSA) is 46.8 Å². The molecule has 2 aromatic heterocycles. The maximum atomic E-state index is 4.40. The van der Waals surface area contributed by atoms with Gasteiger partial charge in [-0.3, -0.25) is 4.57 Å². The highest BCUT2D eigenvalue weighted by molar-refractivity contribution is 5.59. The number of fused-ring (bicyclic) bond motifs is 3. The molecule has 15 heavy (non-hydrogen) atoms. The van der Waals surface area contributed by atoms with Gasteiger partial charge in [-0.1, -0.05) is 0 Å². The third-order valence-electron chi connectivity index (χ3n) is 2.66. The molecule has 3 rings (SSSR count). The average molecular weight is 201 g/mol. The number of pyridine rings is 1. The molecule has 76 valence electrons. The van der Waals surface area contributed by atoms with Crippen LogP contribution in [0.1, 0.15) is 12.7 Å². The molecule has 0 N–H and O–H groups in total. The molecular formula is C10H11N5. The SMILES string of the molecule is CCN1Cc2nncn2-c2cccnc21. The summed E-state index contributed by atoms with van der Waals surface area (Å²) in [4.78, 5) is 6.59. The molecule has 0 bridgehead atoms. The zero-order chi connectivity index (χ0) is 10.3. The Labute approximate surface area is 87.4 Å². The Morgan fingerprint density at radius 1 is 1.47 bits per heavy atom. The third-order valence-corrected chi connectivity index (χ3v) is 2.66. The number of anilines is 1. The van der Waals surface area contributed by atoms with Gasteiger partial charge in [0.25, 0.3) is 0 Å². The van der Waals surface area contributed by atoms with Gasteiger partial charge in [-0.05, 0) is 19.1 Å². The zero-order valence-electron chi connectivity index (χ0n) is 8.46. The fourth-order valence-electron chi connectivity index (χ4n) is 1.90. The molecule has 0 radical (unpaired) electrons. The minimum absolute atomic E-state index is 0.778. The van der Waals surface area contributed by atoms with Gasteiger partial charge >= 0.3 is 0 Å². The van der Waals surface area contributed by atoms with E-state index in [0.29, 0.717) is 0 Å². The van der Waals surface area contributed by atoms with Gasteiger partial charge in [-0.15, -0.1) is 10.2 Å². The second-order valence-electron chi connectivity index (χ2n) is 3.48. The Kier molecular flexibility index (Phi) is 1.71. The molecule has 1 aliphatic heterocycles. The summed E-state index contributed by atoms with van der Waals surface area (Å²) in [5.74, 6) is 1.98. The molecule has 0 aliphatic carbocycles. The summed E-state index contributed by atoms with van der Waals surface area (Å²) in [5, 5.41) is 8.03. The molecule has 0 aromatic carbocycles. The van der Waals surface area contributed by atoms with Crippen LogP contribution in [-0.2, 0) is 6.54 Å². The maximum Gasteiger partial charge on any atom is 0.157 e. The summed E-state index contributed by atoms with van der Waals surface area (Å²) in [6, 6.07) is 3.97. The Balaban J connectivity index is 2.24. The maximum absolute atomic E-state index is 4.40. The molecular weight excluding hydrogens is 190 g/mol. The summed E-state index contributed by atoms with van der Waals surface area (Å²) in [6.07, 6.45) is 3.56. The van der Waals surface area contributed by atoms with Crippen LogP contribution in [0.25, 0.3) is 5.69 Å². The van der Waals surface area contributed by atoms with E-state index in [1.165, 1.54) is 0 Å². The van der Waals surface area contributed by atoms with Crippen LogP contribution in [0, 0.1) is 0 Å². The molecule has 3 heterocycles. The predicted molar refractivity (Wildman–Crippen MR) is 55.9 cm³/mol. The van der Waals surface area contributed by atoms with Crippen molar-refractivity contribution in [1.82, 2.24) is 19.7 Å². The summed E-state index contributed by atoms with van der Waals surface area (Å²) in [5.41, 5.74) is 1.06. The molecule has 0 saturated carbocycles. The van der Waals surface area contributed by atoms with Gasteiger partial charge < -0.3 is 4.90 Å². The Morgan fingerprint density at radius 2 is 2.40 bits per heavy atom. The average Bonchev–Trinajstić information content (AvgIpc) is 2.76. The van der Waals surface area contributed by atoms with Crippen LogP contribution in [0.3, 0.4) is 0 Å². The fraction of sp³-hybridized carbons (Fsp3) is 0.300. The van der Waals surface area contributed by atoms with Crippen LogP contribution in [0.15, 0.2) is 24.7 Å². The summed E-state index contributed by atoms with van der Waals surface area (Å²) >= 11 is 0. The van der Waals surface area contributed by atoms with E-state index in [4.69, 9.17) is 0 Å². The van der Waals surface area contributed by atoms with Crippen LogP contribution in [0.2, 0.25) is 0 Å². The first kappa shape index (κ1) is 8.40. The van der Waals surface area contributed by atoms with E-state index in [1.807, 2.05) is 22.9 Å². The first-order valence-electron chi connectivity index (χ1n) is 4.99. The third kappa shape index (κ3) is 1.12. The van der Waals surface area contributed by atoms with Gasteiger partial charge in [0, 0.05) is 12.7 Å². The molecule has 0 fully saturated rings. The fourth-order valence-corrected chi connectivity index (χ4v) is 1.90. The first-order valence-corrected chi connectivity index (χ1v) is 4.99. The Bertz CT molecular complexity index is 490. The molecule has 0 spiro atoms. The number of aromatic nitrogens is 4. The number of rotatable bonds is 1. The quantitative estimate of drug-likeness (QED) is 0.690. The predicted octanol–water partition coefficient (Wildman–Crippen LogP) is 1.00. The lowest BCUT2D eigenvalue weighted by Gasteiger charge is -2.28. The minimum Gasteiger partial charge on any atom is -0.348 e. The summed E-state index contributed by atoms with van der Waals surface area (Å²) < 4.78 is 1.99. The Morgan fingerprint density at radius 3 is 3.27 bits per heavy atom. The largest absolute Gasteiger partial charge is 0.348 e. The van der Waals surface area contributed by atoms with Crippen molar-refractivity contribution in [3.63, 3.8) is 0 Å². The van der Waals surface area contributed by atoms with Gasteiger partial charge in [0.05, 0.1) is 12.2 Å². The van der Waals surface area contributed by atoms with Crippen molar-refractivity contribution in [1.29, 1.82) is 0 Å². The smallest absolute Gasteiger partial charge is 0.157 e. The highest BCUT2D eigenvalue weighted by Gasteiger charge is 2.22.